The van der Waals surface area contributed by atoms with Crippen LogP contribution in [-0.2, 0) is 6.54 Å². The third-order valence-electron chi connectivity index (χ3n) is 5.61. The minimum Gasteiger partial charge on any atom is -0.366 e. The molecule has 0 spiro atoms. The number of para-hydroxylation sites is 2. The van der Waals surface area contributed by atoms with Crippen LogP contribution in [0.2, 0.25) is 0 Å². The van der Waals surface area contributed by atoms with E-state index in [9.17, 15) is 0 Å². The summed E-state index contributed by atoms with van der Waals surface area (Å²) in [5.74, 6) is 0.372. The third kappa shape index (κ3) is 2.41. The number of nitrogens with zero attached hydrogens (tertiary/aromatic N) is 1. The van der Waals surface area contributed by atoms with Crippen molar-refractivity contribution in [2.24, 2.45) is 0 Å². The lowest BCUT2D eigenvalue weighted by atomic mass is 9.83. The Balaban J connectivity index is 1.68. The summed E-state index contributed by atoms with van der Waals surface area (Å²) in [4.78, 5) is 6.10. The Morgan fingerprint density at radius 1 is 0.846 bits per heavy atom. The molecule has 0 aliphatic carbocycles. The fourth-order valence-corrected chi connectivity index (χ4v) is 4.44. The predicted molar refractivity (Wildman–Crippen MR) is 109 cm³/mol. The van der Waals surface area contributed by atoms with Gasteiger partial charge in [-0.1, -0.05) is 60.7 Å². The largest absolute Gasteiger partial charge is 0.366 e. The number of nitrogens with one attached hydrogen (secondary N) is 1. The van der Waals surface area contributed by atoms with Gasteiger partial charge in [-0.2, -0.15) is 0 Å². The van der Waals surface area contributed by atoms with Gasteiger partial charge in [0, 0.05) is 41.3 Å². The number of anilines is 1. The first-order valence-corrected chi connectivity index (χ1v) is 9.26. The van der Waals surface area contributed by atoms with Crippen molar-refractivity contribution >= 4 is 16.6 Å². The van der Waals surface area contributed by atoms with Crippen LogP contribution in [0.15, 0.2) is 78.9 Å². The molecule has 1 aliphatic rings. The molecule has 0 saturated heterocycles. The zero-order valence-electron chi connectivity index (χ0n) is 14.9. The molecule has 0 fully saturated rings. The molecule has 0 radical (unpaired) electrons. The molecule has 2 nitrogen and oxygen atoms in total. The quantitative estimate of drug-likeness (QED) is 0.502. The average Bonchev–Trinajstić information content (AvgIpc) is 3.03. The molecule has 1 aromatic heterocycles. The molecule has 1 aliphatic heterocycles. The molecule has 26 heavy (non-hydrogen) atoms. The molecule has 2 heterocycles. The number of aromatic amines is 1. The van der Waals surface area contributed by atoms with Gasteiger partial charge >= 0.3 is 0 Å². The van der Waals surface area contributed by atoms with E-state index >= 15 is 0 Å². The number of rotatable bonds is 2. The van der Waals surface area contributed by atoms with E-state index in [1.54, 1.807) is 0 Å². The molecular weight excluding hydrogens is 316 g/mol. The highest BCUT2D eigenvalue weighted by Crippen LogP contribution is 2.39. The fraction of sp³-hybridized carbons (Fsp3) is 0.167. The molecule has 3 aromatic carbocycles. The van der Waals surface area contributed by atoms with Gasteiger partial charge in [0.2, 0.25) is 0 Å². The molecule has 5 rings (SSSR count). The van der Waals surface area contributed by atoms with Crippen LogP contribution in [0.25, 0.3) is 10.9 Å². The number of hydrogen-bond donors (Lipinski definition) is 1. The maximum Gasteiger partial charge on any atom is 0.0459 e. The minimum atomic E-state index is 0.372. The minimum absolute atomic E-state index is 0.372. The van der Waals surface area contributed by atoms with Crippen molar-refractivity contribution in [1.82, 2.24) is 4.98 Å². The van der Waals surface area contributed by atoms with Crippen molar-refractivity contribution in [3.05, 3.63) is 101 Å². The van der Waals surface area contributed by atoms with E-state index in [2.05, 4.69) is 95.7 Å². The number of hydrogen-bond acceptors (Lipinski definition) is 1. The Hall–Kier alpha value is -3.00. The first kappa shape index (κ1) is 15.3. The summed E-state index contributed by atoms with van der Waals surface area (Å²) in [5.41, 5.74) is 8.14. The molecule has 2 heteroatoms. The smallest absolute Gasteiger partial charge is 0.0459 e. The normalized spacial score (nSPS) is 16.7. The number of fused-ring (bicyclic) bond motifs is 2. The molecule has 1 N–H and O–H groups in total. The van der Waals surface area contributed by atoms with Gasteiger partial charge in [0.1, 0.15) is 0 Å². The molecule has 4 aromatic rings. The van der Waals surface area contributed by atoms with Gasteiger partial charge in [-0.3, -0.25) is 0 Å². The summed E-state index contributed by atoms with van der Waals surface area (Å²) >= 11 is 0. The van der Waals surface area contributed by atoms with Crippen molar-refractivity contribution < 1.29 is 0 Å². The first-order chi connectivity index (χ1) is 12.8. The van der Waals surface area contributed by atoms with Gasteiger partial charge in [0.15, 0.2) is 0 Å². The highest BCUT2D eigenvalue weighted by Gasteiger charge is 2.29. The molecule has 0 saturated carbocycles. The number of H-pyrrole nitrogens is 1. The van der Waals surface area contributed by atoms with E-state index < -0.39 is 0 Å². The Morgan fingerprint density at radius 3 is 2.46 bits per heavy atom. The number of aromatic nitrogens is 1. The van der Waals surface area contributed by atoms with Gasteiger partial charge in [-0.15, -0.1) is 0 Å². The maximum absolute atomic E-state index is 3.59. The van der Waals surface area contributed by atoms with E-state index in [4.69, 9.17) is 0 Å². The number of benzene rings is 3. The van der Waals surface area contributed by atoms with Crippen LogP contribution in [0.1, 0.15) is 28.3 Å². The Morgan fingerprint density at radius 2 is 1.58 bits per heavy atom. The molecule has 0 bridgehead atoms. The van der Waals surface area contributed by atoms with Crippen LogP contribution < -0.4 is 4.90 Å². The van der Waals surface area contributed by atoms with E-state index in [1.165, 1.54) is 39.0 Å². The van der Waals surface area contributed by atoms with Crippen LogP contribution in [0, 0.1) is 6.92 Å². The fourth-order valence-electron chi connectivity index (χ4n) is 4.44. The van der Waals surface area contributed by atoms with Crippen molar-refractivity contribution in [3.8, 4) is 0 Å². The first-order valence-electron chi connectivity index (χ1n) is 9.26. The zero-order valence-corrected chi connectivity index (χ0v) is 14.9. The van der Waals surface area contributed by atoms with Crippen molar-refractivity contribution in [2.75, 3.05) is 11.4 Å². The second kappa shape index (κ2) is 6.06. The van der Waals surface area contributed by atoms with Gasteiger partial charge in [-0.05, 0) is 41.8 Å². The standard InChI is InChI=1S/C24H22N2/c1-17-24(21-13-7-8-14-23(21)25-17)22-16-26(19-10-3-2-4-11-19)15-18-9-5-6-12-20(18)22/h2-14,22,25H,15-16H2,1H3. The molecule has 128 valence electrons. The molecule has 0 amide bonds. The van der Waals surface area contributed by atoms with Crippen LogP contribution in [0.4, 0.5) is 5.69 Å². The summed E-state index contributed by atoms with van der Waals surface area (Å²) in [6, 6.07) is 28.4. The third-order valence-corrected chi connectivity index (χ3v) is 5.61. The monoisotopic (exact) mass is 338 g/mol. The van der Waals surface area contributed by atoms with Gasteiger partial charge in [0.25, 0.3) is 0 Å². The highest BCUT2D eigenvalue weighted by atomic mass is 15.1. The van der Waals surface area contributed by atoms with Gasteiger partial charge in [0.05, 0.1) is 0 Å². The predicted octanol–water partition coefficient (Wildman–Crippen LogP) is 5.63. The average molecular weight is 338 g/mol. The summed E-state index contributed by atoms with van der Waals surface area (Å²) in [5, 5.41) is 1.35. The van der Waals surface area contributed by atoms with Gasteiger partial charge < -0.3 is 9.88 Å². The Bertz CT molecular complexity index is 1060. The topological polar surface area (TPSA) is 19.0 Å². The second-order valence-electron chi connectivity index (χ2n) is 7.18. The Kier molecular flexibility index (Phi) is 3.56. The van der Waals surface area contributed by atoms with E-state index in [-0.39, 0.29) is 0 Å². The summed E-state index contributed by atoms with van der Waals surface area (Å²) in [6.45, 7) is 4.18. The van der Waals surface area contributed by atoms with Crippen molar-refractivity contribution in [2.45, 2.75) is 19.4 Å². The number of aryl methyl sites for hydroxylation is 1. The second-order valence-corrected chi connectivity index (χ2v) is 7.18. The van der Waals surface area contributed by atoms with E-state index in [1.807, 2.05) is 0 Å². The lowest BCUT2D eigenvalue weighted by Crippen LogP contribution is -2.34. The lowest BCUT2D eigenvalue weighted by Gasteiger charge is -2.36. The van der Waals surface area contributed by atoms with E-state index in [0.717, 1.165) is 13.1 Å². The molecular formula is C24H22N2. The summed E-state index contributed by atoms with van der Waals surface area (Å²) in [6.07, 6.45) is 0. The van der Waals surface area contributed by atoms with Crippen LogP contribution in [0.5, 0.6) is 0 Å². The van der Waals surface area contributed by atoms with Crippen molar-refractivity contribution in [1.29, 1.82) is 0 Å². The lowest BCUT2D eigenvalue weighted by molar-refractivity contribution is 0.665. The maximum atomic E-state index is 3.59. The SMILES string of the molecule is Cc1[nH]c2ccccc2c1C1CN(c2ccccc2)Cc2ccccc21. The summed E-state index contributed by atoms with van der Waals surface area (Å²) in [7, 11) is 0. The van der Waals surface area contributed by atoms with Crippen molar-refractivity contribution in [3.63, 3.8) is 0 Å². The summed E-state index contributed by atoms with van der Waals surface area (Å²) < 4.78 is 0. The van der Waals surface area contributed by atoms with E-state index in [0.29, 0.717) is 5.92 Å². The molecule has 1 unspecified atom stereocenters. The molecule has 1 atom stereocenters. The van der Waals surface area contributed by atoms with Crippen LogP contribution in [-0.4, -0.2) is 11.5 Å². The van der Waals surface area contributed by atoms with Gasteiger partial charge in [-0.25, -0.2) is 0 Å². The van der Waals surface area contributed by atoms with Crippen LogP contribution >= 0.6 is 0 Å². The highest BCUT2D eigenvalue weighted by molar-refractivity contribution is 5.86. The Labute approximate surface area is 154 Å². The van der Waals surface area contributed by atoms with Crippen LogP contribution in [0.3, 0.4) is 0 Å². The zero-order chi connectivity index (χ0) is 17.5.